The van der Waals surface area contributed by atoms with E-state index in [1.165, 1.54) is 0 Å². The van der Waals surface area contributed by atoms with Crippen LogP contribution in [0, 0.1) is 0 Å². The van der Waals surface area contributed by atoms with Crippen molar-refractivity contribution >= 4 is 61.4 Å². The molecule has 0 atom stereocenters. The molecule has 2 heterocycles. The summed E-state index contributed by atoms with van der Waals surface area (Å²) in [6.45, 7) is 14.0. The number of benzene rings is 3. The zero-order valence-electron chi connectivity index (χ0n) is 25.5. The standard InChI is InChI=1S/C34H39N3O4/c1-21(18-19-35(8)9)28-29-23-15-11-13-17-26(23)36(31(38)40-33(2,3)4)27(29)20-24-22-14-10-12-16-25(22)37(30(24)28)32(39)41-34(5,6)7/h10-18,20H,19H2,1-9H3/b21-18+. The first-order valence-corrected chi connectivity index (χ1v) is 14.0. The lowest BCUT2D eigenvalue weighted by atomic mass is 9.96. The van der Waals surface area contributed by atoms with E-state index in [0.717, 1.165) is 54.7 Å². The third kappa shape index (κ3) is 5.22. The Bertz CT molecular complexity index is 1850. The number of nitrogens with zero attached hydrogens (tertiary/aromatic N) is 3. The molecular formula is C34H39N3O4. The van der Waals surface area contributed by atoms with Crippen LogP contribution in [-0.4, -0.2) is 58.1 Å². The molecule has 3 aromatic carbocycles. The molecule has 0 unspecified atom stereocenters. The average molecular weight is 554 g/mol. The van der Waals surface area contributed by atoms with Crippen molar-refractivity contribution < 1.29 is 19.1 Å². The number of carbonyl (C=O) groups is 2. The van der Waals surface area contributed by atoms with Crippen LogP contribution in [0.5, 0.6) is 0 Å². The maximum atomic E-state index is 13.9. The molecule has 0 aliphatic carbocycles. The van der Waals surface area contributed by atoms with Crippen LogP contribution < -0.4 is 0 Å². The van der Waals surface area contributed by atoms with Crippen molar-refractivity contribution in [3.8, 4) is 0 Å². The van der Waals surface area contributed by atoms with E-state index >= 15 is 0 Å². The fourth-order valence-electron chi connectivity index (χ4n) is 5.38. The fraction of sp³-hybridized carbons (Fsp3) is 0.353. The zero-order chi connectivity index (χ0) is 29.9. The number of likely N-dealkylation sites (N-methyl/N-ethyl adjacent to an activating group) is 1. The van der Waals surface area contributed by atoms with Gasteiger partial charge in [0, 0.05) is 33.7 Å². The van der Waals surface area contributed by atoms with Crippen LogP contribution in [-0.2, 0) is 9.47 Å². The van der Waals surface area contributed by atoms with E-state index in [1.807, 2.05) is 110 Å². The van der Waals surface area contributed by atoms with Crippen LogP contribution in [0.25, 0.3) is 49.2 Å². The quantitative estimate of drug-likeness (QED) is 0.224. The smallest absolute Gasteiger partial charge is 0.419 e. The molecule has 2 aromatic heterocycles. The summed E-state index contributed by atoms with van der Waals surface area (Å²) in [5, 5.41) is 3.56. The number of hydrogen-bond donors (Lipinski definition) is 0. The summed E-state index contributed by atoms with van der Waals surface area (Å²) in [6.07, 6.45) is 1.27. The number of fused-ring (bicyclic) bond motifs is 6. The molecule has 7 heteroatoms. The predicted octanol–water partition coefficient (Wildman–Crippen LogP) is 8.43. The number of hydrogen-bond acceptors (Lipinski definition) is 5. The number of carbonyl (C=O) groups excluding carboxylic acids is 2. The van der Waals surface area contributed by atoms with Crippen molar-refractivity contribution in [1.29, 1.82) is 0 Å². The SMILES string of the molecule is C/C(=C\CN(C)C)c1c2c3ccccc3n(C(=O)OC(C)(C)C)c2cc2c3ccccc3n(C(=O)OC(C)(C)C)c12. The van der Waals surface area contributed by atoms with E-state index < -0.39 is 23.4 Å². The number of rotatable bonds is 3. The topological polar surface area (TPSA) is 65.7 Å². The van der Waals surface area contributed by atoms with Crippen LogP contribution in [0.4, 0.5) is 9.59 Å². The van der Waals surface area contributed by atoms with E-state index in [9.17, 15) is 9.59 Å². The molecule has 41 heavy (non-hydrogen) atoms. The molecule has 0 saturated carbocycles. The molecule has 0 saturated heterocycles. The van der Waals surface area contributed by atoms with Gasteiger partial charge in [0.25, 0.3) is 0 Å². The van der Waals surface area contributed by atoms with Gasteiger partial charge >= 0.3 is 12.2 Å². The Kier molecular flexibility index (Phi) is 6.98. The third-order valence-corrected chi connectivity index (χ3v) is 6.90. The van der Waals surface area contributed by atoms with Gasteiger partial charge in [-0.15, -0.1) is 0 Å². The Morgan fingerprint density at radius 2 is 1.27 bits per heavy atom. The summed E-state index contributed by atoms with van der Waals surface area (Å²) in [4.78, 5) is 29.7. The van der Waals surface area contributed by atoms with Gasteiger partial charge in [0.1, 0.15) is 11.2 Å². The Labute approximate surface area is 240 Å². The molecule has 5 rings (SSSR count). The van der Waals surface area contributed by atoms with Gasteiger partial charge in [-0.25, -0.2) is 18.7 Å². The number of aromatic nitrogens is 2. The molecule has 7 nitrogen and oxygen atoms in total. The molecule has 0 amide bonds. The van der Waals surface area contributed by atoms with E-state index in [1.54, 1.807) is 9.13 Å². The maximum absolute atomic E-state index is 13.9. The van der Waals surface area contributed by atoms with Crippen LogP contribution in [0.1, 0.15) is 54.0 Å². The average Bonchev–Trinajstić information content (AvgIpc) is 3.37. The van der Waals surface area contributed by atoms with Crippen molar-refractivity contribution in [3.05, 3.63) is 66.2 Å². The molecule has 0 spiro atoms. The monoisotopic (exact) mass is 553 g/mol. The van der Waals surface area contributed by atoms with Crippen molar-refractivity contribution in [1.82, 2.24) is 14.0 Å². The van der Waals surface area contributed by atoms with E-state index in [-0.39, 0.29) is 0 Å². The molecular weight excluding hydrogens is 514 g/mol. The minimum atomic E-state index is -0.679. The molecule has 0 N–H and O–H groups in total. The number of allylic oxidation sites excluding steroid dienone is 1. The summed E-state index contributed by atoms with van der Waals surface area (Å²) in [7, 11) is 4.04. The Balaban J connectivity index is 2.02. The van der Waals surface area contributed by atoms with Crippen LogP contribution in [0.15, 0.2) is 60.7 Å². The van der Waals surface area contributed by atoms with E-state index in [0.29, 0.717) is 6.54 Å². The predicted molar refractivity (Wildman–Crippen MR) is 168 cm³/mol. The highest BCUT2D eigenvalue weighted by Crippen LogP contribution is 2.43. The Morgan fingerprint density at radius 3 is 1.83 bits per heavy atom. The first kappa shape index (κ1) is 28.4. The first-order valence-electron chi connectivity index (χ1n) is 14.0. The zero-order valence-corrected chi connectivity index (χ0v) is 25.5. The van der Waals surface area contributed by atoms with Gasteiger partial charge in [0.05, 0.1) is 22.1 Å². The van der Waals surface area contributed by atoms with E-state index in [2.05, 4.69) is 17.9 Å². The second kappa shape index (κ2) is 10.1. The van der Waals surface area contributed by atoms with Crippen molar-refractivity contribution in [3.63, 3.8) is 0 Å². The highest BCUT2D eigenvalue weighted by molar-refractivity contribution is 6.26. The highest BCUT2D eigenvalue weighted by atomic mass is 16.6. The van der Waals surface area contributed by atoms with Crippen LogP contribution in [0.3, 0.4) is 0 Å². The van der Waals surface area contributed by atoms with Crippen LogP contribution >= 0.6 is 0 Å². The molecule has 0 radical (unpaired) electrons. The molecule has 0 aliphatic heterocycles. The van der Waals surface area contributed by atoms with Gasteiger partial charge in [-0.2, -0.15) is 0 Å². The minimum Gasteiger partial charge on any atom is -0.443 e. The lowest BCUT2D eigenvalue weighted by Gasteiger charge is -2.21. The summed E-state index contributed by atoms with van der Waals surface area (Å²) in [5.74, 6) is 0. The normalized spacial score (nSPS) is 13.2. The molecule has 214 valence electrons. The Morgan fingerprint density at radius 1 is 0.756 bits per heavy atom. The lowest BCUT2D eigenvalue weighted by Crippen LogP contribution is -2.27. The fourth-order valence-corrected chi connectivity index (χ4v) is 5.38. The van der Waals surface area contributed by atoms with Gasteiger partial charge < -0.3 is 14.4 Å². The van der Waals surface area contributed by atoms with Crippen LogP contribution in [0.2, 0.25) is 0 Å². The molecule has 0 bridgehead atoms. The lowest BCUT2D eigenvalue weighted by molar-refractivity contribution is 0.0539. The molecule has 0 aliphatic rings. The third-order valence-electron chi connectivity index (χ3n) is 6.90. The summed E-state index contributed by atoms with van der Waals surface area (Å²) >= 11 is 0. The van der Waals surface area contributed by atoms with Crippen molar-refractivity contribution in [2.45, 2.75) is 59.7 Å². The molecule has 5 aromatic rings. The second-order valence-corrected chi connectivity index (χ2v) is 12.9. The van der Waals surface area contributed by atoms with Gasteiger partial charge in [-0.1, -0.05) is 42.5 Å². The second-order valence-electron chi connectivity index (χ2n) is 12.9. The maximum Gasteiger partial charge on any atom is 0.419 e. The van der Waals surface area contributed by atoms with Gasteiger partial charge in [0.15, 0.2) is 0 Å². The van der Waals surface area contributed by atoms with Crippen molar-refractivity contribution in [2.75, 3.05) is 20.6 Å². The summed E-state index contributed by atoms with van der Waals surface area (Å²) in [6, 6.07) is 17.7. The molecule has 0 fully saturated rings. The highest BCUT2D eigenvalue weighted by Gasteiger charge is 2.29. The minimum absolute atomic E-state index is 0.444. The largest absolute Gasteiger partial charge is 0.443 e. The first-order chi connectivity index (χ1) is 19.2. The summed E-state index contributed by atoms with van der Waals surface area (Å²) < 4.78 is 15.2. The Hall–Kier alpha value is -4.10. The number of para-hydroxylation sites is 2. The number of ether oxygens (including phenoxy) is 2. The van der Waals surface area contributed by atoms with Gasteiger partial charge in [-0.3, -0.25) is 0 Å². The van der Waals surface area contributed by atoms with Gasteiger partial charge in [0.2, 0.25) is 0 Å². The van der Waals surface area contributed by atoms with E-state index in [4.69, 9.17) is 9.47 Å². The summed E-state index contributed by atoms with van der Waals surface area (Å²) in [5.41, 5.74) is 3.52. The van der Waals surface area contributed by atoms with Crippen molar-refractivity contribution in [2.24, 2.45) is 0 Å². The van der Waals surface area contributed by atoms with Gasteiger partial charge in [-0.05, 0) is 86.3 Å².